The molecule has 10 nitrogen and oxygen atoms in total. The molecule has 5 rings (SSSR count). The molecule has 1 aromatic heterocycles. The van der Waals surface area contributed by atoms with Gasteiger partial charge in [-0.25, -0.2) is 4.99 Å². The smallest absolute Gasteiger partial charge is 0.259 e. The molecule has 0 saturated carbocycles. The Morgan fingerprint density at radius 1 is 1.25 bits per heavy atom. The number of aliphatic imine (C=N–C) groups is 2. The molecule has 1 aromatic carbocycles. The van der Waals surface area contributed by atoms with E-state index in [1.165, 1.54) is 0 Å². The first kappa shape index (κ1) is 24.2. The third kappa shape index (κ3) is 5.05. The molecule has 0 bridgehead atoms. The highest BCUT2D eigenvalue weighted by Gasteiger charge is 2.33. The Balaban J connectivity index is 1.33. The van der Waals surface area contributed by atoms with Crippen LogP contribution in [0.25, 0.3) is 0 Å². The van der Waals surface area contributed by atoms with E-state index in [-0.39, 0.29) is 12.0 Å². The molecule has 2 aromatic rings. The number of pyridine rings is 1. The van der Waals surface area contributed by atoms with Crippen molar-refractivity contribution in [1.82, 2.24) is 20.1 Å². The number of benzene rings is 1. The number of rotatable bonds is 7. The van der Waals surface area contributed by atoms with E-state index in [0.717, 1.165) is 49.8 Å². The Morgan fingerprint density at radius 2 is 2.14 bits per heavy atom. The highest BCUT2D eigenvalue weighted by molar-refractivity contribution is 6.20. The number of carbonyl (C=O) groups excluding carboxylic acids is 1. The maximum absolute atomic E-state index is 12.9. The number of morpholine rings is 1. The average Bonchev–Trinajstić information content (AvgIpc) is 3.37. The Labute approximate surface area is 211 Å². The Morgan fingerprint density at radius 3 is 2.92 bits per heavy atom. The molecule has 190 valence electrons. The van der Waals surface area contributed by atoms with E-state index in [2.05, 4.69) is 27.1 Å². The van der Waals surface area contributed by atoms with Gasteiger partial charge in [0, 0.05) is 43.6 Å². The van der Waals surface area contributed by atoms with E-state index in [4.69, 9.17) is 19.2 Å². The lowest BCUT2D eigenvalue weighted by Gasteiger charge is -2.31. The quantitative estimate of drug-likeness (QED) is 0.593. The van der Waals surface area contributed by atoms with Crippen LogP contribution in [-0.4, -0.2) is 91.6 Å². The molecule has 1 fully saturated rings. The van der Waals surface area contributed by atoms with E-state index >= 15 is 0 Å². The van der Waals surface area contributed by atoms with Crippen LogP contribution in [0.1, 0.15) is 35.0 Å². The molecule has 0 spiro atoms. The minimum Gasteiger partial charge on any atom is -0.491 e. The van der Waals surface area contributed by atoms with E-state index in [1.807, 2.05) is 30.0 Å². The molecule has 1 atom stereocenters. The maximum atomic E-state index is 12.9. The molecule has 1 saturated heterocycles. The van der Waals surface area contributed by atoms with Crippen molar-refractivity contribution in [3.05, 3.63) is 47.3 Å². The van der Waals surface area contributed by atoms with Crippen molar-refractivity contribution < 1.29 is 19.0 Å². The highest BCUT2D eigenvalue weighted by Crippen LogP contribution is 2.43. The number of ether oxygens (including phenoxy) is 3. The number of aryl methyl sites for hydroxylation is 1. The first-order valence-corrected chi connectivity index (χ1v) is 12.4. The van der Waals surface area contributed by atoms with Crippen molar-refractivity contribution in [1.29, 1.82) is 0 Å². The van der Waals surface area contributed by atoms with Gasteiger partial charge in [0.15, 0.2) is 11.5 Å². The highest BCUT2D eigenvalue weighted by atomic mass is 16.5. The molecule has 4 heterocycles. The van der Waals surface area contributed by atoms with Gasteiger partial charge in [-0.15, -0.1) is 0 Å². The Hall–Kier alpha value is -3.50. The summed E-state index contributed by atoms with van der Waals surface area (Å²) in [6.45, 7) is 9.43. The van der Waals surface area contributed by atoms with E-state index < -0.39 is 0 Å². The first-order chi connectivity index (χ1) is 17.5. The minimum absolute atomic E-state index is 0.272. The summed E-state index contributed by atoms with van der Waals surface area (Å²) in [7, 11) is 1.60. The third-order valence-electron chi connectivity index (χ3n) is 6.45. The minimum atomic E-state index is -0.278. The number of aromatic nitrogens is 1. The summed E-state index contributed by atoms with van der Waals surface area (Å²) >= 11 is 0. The molecular formula is C26H32N6O4. The second kappa shape index (κ2) is 10.6. The molecule has 1 amide bonds. The molecule has 3 aliphatic heterocycles. The third-order valence-corrected chi connectivity index (χ3v) is 6.45. The van der Waals surface area contributed by atoms with Crippen LogP contribution in [0.15, 0.2) is 40.4 Å². The number of methoxy groups -OCH3 is 1. The Bertz CT molecular complexity index is 1180. The van der Waals surface area contributed by atoms with Gasteiger partial charge in [0.25, 0.3) is 5.91 Å². The van der Waals surface area contributed by atoms with E-state index in [9.17, 15) is 4.79 Å². The van der Waals surface area contributed by atoms with Crippen molar-refractivity contribution in [2.24, 2.45) is 9.98 Å². The van der Waals surface area contributed by atoms with Crippen molar-refractivity contribution in [3.63, 3.8) is 0 Å². The van der Waals surface area contributed by atoms with Crippen molar-refractivity contribution in [3.8, 4) is 11.5 Å². The van der Waals surface area contributed by atoms with Crippen LogP contribution in [0.3, 0.4) is 0 Å². The summed E-state index contributed by atoms with van der Waals surface area (Å²) in [6.07, 6.45) is 2.72. The van der Waals surface area contributed by atoms with Gasteiger partial charge in [-0.3, -0.25) is 29.9 Å². The van der Waals surface area contributed by atoms with Crippen LogP contribution >= 0.6 is 0 Å². The second-order valence-corrected chi connectivity index (χ2v) is 9.11. The summed E-state index contributed by atoms with van der Waals surface area (Å²) < 4.78 is 17.5. The number of nitrogens with one attached hydrogen (secondary N) is 1. The van der Waals surface area contributed by atoms with Gasteiger partial charge in [0.2, 0.25) is 5.96 Å². The van der Waals surface area contributed by atoms with Gasteiger partial charge in [0.1, 0.15) is 11.5 Å². The van der Waals surface area contributed by atoms with Gasteiger partial charge in [0.05, 0.1) is 38.5 Å². The number of amidine groups is 1. The molecule has 1 N–H and O–H groups in total. The monoisotopic (exact) mass is 492 g/mol. The van der Waals surface area contributed by atoms with Gasteiger partial charge in [-0.1, -0.05) is 0 Å². The number of fused-ring (bicyclic) bond motifs is 3. The lowest BCUT2D eigenvalue weighted by atomic mass is 10.1. The zero-order chi connectivity index (χ0) is 25.1. The van der Waals surface area contributed by atoms with Crippen molar-refractivity contribution in [2.45, 2.75) is 26.4 Å². The summed E-state index contributed by atoms with van der Waals surface area (Å²) in [4.78, 5) is 30.9. The standard InChI is InChI=1S/C26H32N6O4/c1-17-5-6-19(15-28-17)25(33)30-26-29-22-20(24-27-9-11-32(24)26)7-8-21(23(22)34-3)36-13-4-10-31-12-14-35-18(2)16-31/h5-8,15,18H,4,9-14,16H2,1-3H3,(H,29,30,33)/t18-/m1/s1. The van der Waals surface area contributed by atoms with Crippen LogP contribution in [-0.2, 0) is 4.74 Å². The largest absolute Gasteiger partial charge is 0.491 e. The van der Waals surface area contributed by atoms with Crippen LogP contribution in [0, 0.1) is 6.92 Å². The maximum Gasteiger partial charge on any atom is 0.259 e. The number of amides is 1. The predicted molar refractivity (Wildman–Crippen MR) is 137 cm³/mol. The molecule has 10 heteroatoms. The number of nitrogens with zero attached hydrogens (tertiary/aromatic N) is 5. The van der Waals surface area contributed by atoms with E-state index in [0.29, 0.717) is 48.4 Å². The second-order valence-electron chi connectivity index (χ2n) is 9.11. The zero-order valence-electron chi connectivity index (χ0n) is 21.0. The van der Waals surface area contributed by atoms with Crippen molar-refractivity contribution >= 4 is 23.4 Å². The SMILES string of the molecule is COc1c(OCCCN2CCO[C@H](C)C2)ccc2c1N=C(NC(=O)c1ccc(C)nc1)N1CCN=C21. The Kier molecular flexibility index (Phi) is 7.15. The molecule has 3 aliphatic rings. The number of hydrogen-bond acceptors (Lipinski definition) is 9. The van der Waals surface area contributed by atoms with Crippen LogP contribution < -0.4 is 14.8 Å². The number of guanidine groups is 1. The van der Waals surface area contributed by atoms with Crippen LogP contribution in [0.2, 0.25) is 0 Å². The molecule has 0 radical (unpaired) electrons. The zero-order valence-corrected chi connectivity index (χ0v) is 21.0. The lowest BCUT2D eigenvalue weighted by Crippen LogP contribution is -2.47. The lowest BCUT2D eigenvalue weighted by molar-refractivity contribution is -0.0193. The first-order valence-electron chi connectivity index (χ1n) is 12.4. The average molecular weight is 493 g/mol. The van der Waals surface area contributed by atoms with Crippen LogP contribution in [0.5, 0.6) is 11.5 Å². The number of carbonyl (C=O) groups is 1. The fourth-order valence-corrected chi connectivity index (χ4v) is 4.64. The summed E-state index contributed by atoms with van der Waals surface area (Å²) in [6, 6.07) is 7.42. The predicted octanol–water partition coefficient (Wildman–Crippen LogP) is 2.38. The normalized spacial score (nSPS) is 19.2. The van der Waals surface area contributed by atoms with E-state index in [1.54, 1.807) is 19.4 Å². The van der Waals surface area contributed by atoms with Gasteiger partial charge < -0.3 is 14.2 Å². The topological polar surface area (TPSA) is 101 Å². The summed E-state index contributed by atoms with van der Waals surface area (Å²) in [5.41, 5.74) is 2.77. The molecule has 0 aliphatic carbocycles. The number of hydrogen-bond donors (Lipinski definition) is 1. The summed E-state index contributed by atoms with van der Waals surface area (Å²) in [5, 5.41) is 2.93. The van der Waals surface area contributed by atoms with Gasteiger partial charge >= 0.3 is 0 Å². The molecular weight excluding hydrogens is 460 g/mol. The molecule has 0 unspecified atom stereocenters. The molecule has 36 heavy (non-hydrogen) atoms. The fourth-order valence-electron chi connectivity index (χ4n) is 4.64. The summed E-state index contributed by atoms with van der Waals surface area (Å²) in [5.74, 6) is 2.06. The van der Waals surface area contributed by atoms with Crippen molar-refractivity contribution in [2.75, 3.05) is 53.0 Å². The van der Waals surface area contributed by atoms with Gasteiger partial charge in [-0.2, -0.15) is 0 Å². The fraction of sp³-hybridized carbons (Fsp3) is 0.462. The van der Waals surface area contributed by atoms with Crippen LogP contribution in [0.4, 0.5) is 5.69 Å². The van der Waals surface area contributed by atoms with Gasteiger partial charge in [-0.05, 0) is 44.5 Å².